The number of benzene rings is 1. The van der Waals surface area contributed by atoms with Gasteiger partial charge in [-0.1, -0.05) is 13.8 Å². The van der Waals surface area contributed by atoms with Crippen molar-refractivity contribution in [3.05, 3.63) is 35.7 Å². The number of anilines is 1. The summed E-state index contributed by atoms with van der Waals surface area (Å²) in [5, 5.41) is 8.65. The molecule has 0 radical (unpaired) electrons. The monoisotopic (exact) mass is 291 g/mol. The van der Waals surface area contributed by atoms with Gasteiger partial charge >= 0.3 is 5.97 Å². The van der Waals surface area contributed by atoms with Crippen molar-refractivity contribution in [2.24, 2.45) is 11.8 Å². The number of carbonyl (C=O) groups is 1. The molecule has 0 unspecified atom stereocenters. The van der Waals surface area contributed by atoms with Gasteiger partial charge in [-0.2, -0.15) is 0 Å². The topological polar surface area (TPSA) is 40.5 Å². The Labute approximate surface area is 125 Å². The van der Waals surface area contributed by atoms with Crippen molar-refractivity contribution in [3.8, 4) is 0 Å². The second-order valence-corrected chi connectivity index (χ2v) is 5.98. The average molecular weight is 291 g/mol. The second kappa shape index (κ2) is 6.74. The predicted octanol–water partition coefficient (Wildman–Crippen LogP) is 3.80. The zero-order chi connectivity index (χ0) is 15.4. The lowest BCUT2D eigenvalue weighted by Gasteiger charge is -2.35. The van der Waals surface area contributed by atoms with Crippen molar-refractivity contribution in [2.45, 2.75) is 26.7 Å². The number of nitrogens with zero attached hydrogens (tertiary/aromatic N) is 1. The molecule has 0 spiro atoms. The van der Waals surface area contributed by atoms with Crippen LogP contribution in [0.5, 0.6) is 0 Å². The maximum atomic E-state index is 13.7. The quantitative estimate of drug-likeness (QED) is 0.858. The molecule has 0 saturated carbocycles. The Hall–Kier alpha value is -1.84. The first-order valence-corrected chi connectivity index (χ1v) is 7.42. The molecule has 0 aliphatic carbocycles. The van der Waals surface area contributed by atoms with E-state index in [9.17, 15) is 9.18 Å². The Morgan fingerprint density at radius 1 is 1.33 bits per heavy atom. The van der Waals surface area contributed by atoms with Crippen LogP contribution < -0.4 is 4.90 Å². The summed E-state index contributed by atoms with van der Waals surface area (Å²) in [5.74, 6) is 0.0667. The van der Waals surface area contributed by atoms with Gasteiger partial charge in [0.2, 0.25) is 0 Å². The molecule has 1 aromatic carbocycles. The van der Waals surface area contributed by atoms with Crippen LogP contribution in [0.2, 0.25) is 0 Å². The van der Waals surface area contributed by atoms with Crippen molar-refractivity contribution in [1.29, 1.82) is 0 Å². The molecule has 0 aromatic heterocycles. The van der Waals surface area contributed by atoms with E-state index >= 15 is 0 Å². The first kappa shape index (κ1) is 15.5. The highest BCUT2D eigenvalue weighted by Crippen LogP contribution is 2.29. The molecule has 1 aliphatic rings. The van der Waals surface area contributed by atoms with E-state index in [1.165, 1.54) is 18.2 Å². The van der Waals surface area contributed by atoms with Crippen molar-refractivity contribution in [2.75, 3.05) is 18.0 Å². The van der Waals surface area contributed by atoms with E-state index in [1.54, 1.807) is 0 Å². The lowest BCUT2D eigenvalue weighted by molar-refractivity contribution is -0.131. The molecule has 1 aliphatic heterocycles. The second-order valence-electron chi connectivity index (χ2n) is 5.98. The van der Waals surface area contributed by atoms with E-state index in [0.29, 0.717) is 11.5 Å². The molecule has 4 heteroatoms. The third kappa shape index (κ3) is 4.31. The summed E-state index contributed by atoms with van der Waals surface area (Å²) in [6.07, 6.45) is 4.70. The Kier molecular flexibility index (Phi) is 4.99. The van der Waals surface area contributed by atoms with Gasteiger partial charge in [0.1, 0.15) is 5.82 Å². The summed E-state index contributed by atoms with van der Waals surface area (Å²) in [6, 6.07) is 4.72. The third-order valence-corrected chi connectivity index (χ3v) is 4.17. The summed E-state index contributed by atoms with van der Waals surface area (Å²) in [7, 11) is 0. The van der Waals surface area contributed by atoms with Crippen LogP contribution in [0.15, 0.2) is 24.3 Å². The van der Waals surface area contributed by atoms with Crippen LogP contribution in [0.3, 0.4) is 0 Å². The number of hydrogen-bond donors (Lipinski definition) is 1. The molecule has 1 N–H and O–H groups in total. The van der Waals surface area contributed by atoms with Crippen LogP contribution >= 0.6 is 0 Å². The van der Waals surface area contributed by atoms with Crippen LogP contribution in [0.4, 0.5) is 10.1 Å². The Bertz CT molecular complexity index is 532. The summed E-state index contributed by atoms with van der Waals surface area (Å²) < 4.78 is 13.7. The SMILES string of the molecule is CC(C)C1CCN(c2cc(F)cc(/C=C/C(=O)O)c2)CC1. The van der Waals surface area contributed by atoms with Crippen molar-refractivity contribution in [1.82, 2.24) is 0 Å². The summed E-state index contributed by atoms with van der Waals surface area (Å²) in [6.45, 7) is 6.34. The molecule has 1 saturated heterocycles. The predicted molar refractivity (Wildman–Crippen MR) is 82.8 cm³/mol. The molecule has 2 rings (SSSR count). The van der Waals surface area contributed by atoms with E-state index < -0.39 is 5.97 Å². The van der Waals surface area contributed by atoms with Crippen LogP contribution in [-0.4, -0.2) is 24.2 Å². The summed E-state index contributed by atoms with van der Waals surface area (Å²) in [4.78, 5) is 12.7. The highest BCUT2D eigenvalue weighted by Gasteiger charge is 2.22. The number of carboxylic acids is 1. The number of rotatable bonds is 4. The highest BCUT2D eigenvalue weighted by atomic mass is 19.1. The van der Waals surface area contributed by atoms with Gasteiger partial charge in [0.05, 0.1) is 0 Å². The van der Waals surface area contributed by atoms with Gasteiger partial charge in [-0.05, 0) is 54.5 Å². The van der Waals surface area contributed by atoms with Crippen molar-refractivity contribution in [3.63, 3.8) is 0 Å². The molecule has 114 valence electrons. The summed E-state index contributed by atoms with van der Waals surface area (Å²) in [5.41, 5.74) is 1.42. The minimum atomic E-state index is -1.03. The number of carboxylic acid groups (broad SMARTS) is 1. The van der Waals surface area contributed by atoms with Gasteiger partial charge < -0.3 is 10.0 Å². The molecule has 0 bridgehead atoms. The fourth-order valence-electron chi connectivity index (χ4n) is 2.87. The van der Waals surface area contributed by atoms with Crippen molar-refractivity contribution < 1.29 is 14.3 Å². The molecular formula is C17H22FNO2. The van der Waals surface area contributed by atoms with Gasteiger partial charge in [0, 0.05) is 24.9 Å². The van der Waals surface area contributed by atoms with Gasteiger partial charge in [-0.25, -0.2) is 9.18 Å². The van der Waals surface area contributed by atoms with Crippen LogP contribution in [0.25, 0.3) is 6.08 Å². The fourth-order valence-corrected chi connectivity index (χ4v) is 2.87. The third-order valence-electron chi connectivity index (χ3n) is 4.17. The number of piperidine rings is 1. The number of halogens is 1. The first-order chi connectivity index (χ1) is 9.95. The van der Waals surface area contributed by atoms with E-state index in [4.69, 9.17) is 5.11 Å². The van der Waals surface area contributed by atoms with E-state index in [2.05, 4.69) is 18.7 Å². The highest BCUT2D eigenvalue weighted by molar-refractivity contribution is 5.85. The molecule has 1 fully saturated rings. The lowest BCUT2D eigenvalue weighted by atomic mass is 9.86. The van der Waals surface area contributed by atoms with E-state index in [1.807, 2.05) is 6.07 Å². The van der Waals surface area contributed by atoms with E-state index in [-0.39, 0.29) is 5.82 Å². The van der Waals surface area contributed by atoms with Crippen LogP contribution in [0.1, 0.15) is 32.3 Å². The Morgan fingerprint density at radius 2 is 2.00 bits per heavy atom. The molecule has 1 aromatic rings. The fraction of sp³-hybridized carbons (Fsp3) is 0.471. The largest absolute Gasteiger partial charge is 0.478 e. The maximum absolute atomic E-state index is 13.7. The molecule has 3 nitrogen and oxygen atoms in total. The number of hydrogen-bond acceptors (Lipinski definition) is 2. The smallest absolute Gasteiger partial charge is 0.328 e. The lowest BCUT2D eigenvalue weighted by Crippen LogP contribution is -2.35. The Balaban J connectivity index is 2.12. The molecule has 0 atom stereocenters. The standard InChI is InChI=1S/C17H22FNO2/c1-12(2)14-5-7-19(8-6-14)16-10-13(3-4-17(20)21)9-15(18)11-16/h3-4,9-12,14H,5-8H2,1-2H3,(H,20,21)/b4-3+. The van der Waals surface area contributed by atoms with Gasteiger partial charge in [0.25, 0.3) is 0 Å². The normalized spacial score (nSPS) is 16.9. The van der Waals surface area contributed by atoms with Crippen LogP contribution in [0, 0.1) is 17.7 Å². The van der Waals surface area contributed by atoms with Crippen LogP contribution in [-0.2, 0) is 4.79 Å². The zero-order valence-corrected chi connectivity index (χ0v) is 12.6. The minimum Gasteiger partial charge on any atom is -0.478 e. The van der Waals surface area contributed by atoms with E-state index in [0.717, 1.165) is 43.6 Å². The Morgan fingerprint density at radius 3 is 2.57 bits per heavy atom. The van der Waals surface area contributed by atoms with Gasteiger partial charge in [-0.3, -0.25) is 0 Å². The first-order valence-electron chi connectivity index (χ1n) is 7.42. The minimum absolute atomic E-state index is 0.330. The molecular weight excluding hydrogens is 269 g/mol. The van der Waals surface area contributed by atoms with Crippen molar-refractivity contribution >= 4 is 17.7 Å². The molecule has 1 heterocycles. The molecule has 21 heavy (non-hydrogen) atoms. The van der Waals surface area contributed by atoms with Gasteiger partial charge in [-0.15, -0.1) is 0 Å². The zero-order valence-electron chi connectivity index (χ0n) is 12.6. The van der Waals surface area contributed by atoms with Gasteiger partial charge in [0.15, 0.2) is 0 Å². The summed E-state index contributed by atoms with van der Waals surface area (Å²) >= 11 is 0. The maximum Gasteiger partial charge on any atom is 0.328 e. The number of aliphatic carboxylic acids is 1. The average Bonchev–Trinajstić information content (AvgIpc) is 2.44. The molecule has 0 amide bonds.